The van der Waals surface area contributed by atoms with Gasteiger partial charge in [0.15, 0.2) is 0 Å². The highest BCUT2D eigenvalue weighted by atomic mass is 16.6. The number of hydrogen-bond acceptors (Lipinski definition) is 4. The number of pyridine rings is 1. The fraction of sp³-hybridized carbons (Fsp3) is 0.333. The number of carboxylic acid groups (broad SMARTS) is 1. The molecule has 84 valence electrons. The molecule has 1 N–H and O–H groups in total. The second kappa shape index (κ2) is 3.76. The highest BCUT2D eigenvalue weighted by molar-refractivity contribution is 5.66. The molecule has 1 aliphatic rings. The average molecular weight is 223 g/mol. The summed E-state index contributed by atoms with van der Waals surface area (Å²) < 4.78 is 0. The van der Waals surface area contributed by atoms with Crippen molar-refractivity contribution in [3.63, 3.8) is 0 Å². The topological polar surface area (TPSA) is 96.6 Å². The molecule has 1 aromatic heterocycles. The zero-order valence-corrected chi connectivity index (χ0v) is 8.24. The highest BCUT2D eigenvalue weighted by Gasteiger charge is 2.32. The fourth-order valence-electron chi connectivity index (χ4n) is 1.57. The van der Waals surface area contributed by atoms with Crippen molar-refractivity contribution in [3.05, 3.63) is 34.1 Å². The van der Waals surface area contributed by atoms with Crippen LogP contribution in [0.25, 0.3) is 0 Å². The van der Waals surface area contributed by atoms with Crippen molar-refractivity contribution < 1.29 is 14.8 Å². The largest absolute Gasteiger partial charge is 0.465 e. The molecule has 1 amide bonds. The molecule has 2 rings (SSSR count). The van der Waals surface area contributed by atoms with E-state index in [4.69, 9.17) is 5.11 Å². The van der Waals surface area contributed by atoms with Crippen molar-refractivity contribution in [1.29, 1.82) is 0 Å². The van der Waals surface area contributed by atoms with Gasteiger partial charge in [-0.15, -0.1) is 0 Å². The van der Waals surface area contributed by atoms with Crippen LogP contribution in [0.1, 0.15) is 11.6 Å². The van der Waals surface area contributed by atoms with E-state index in [2.05, 4.69) is 4.98 Å². The first-order valence-electron chi connectivity index (χ1n) is 4.66. The molecule has 0 bridgehead atoms. The molecule has 0 saturated carbocycles. The normalized spacial score (nSPS) is 15.6. The molecule has 7 heteroatoms. The smallest absolute Gasteiger partial charge is 0.407 e. The van der Waals surface area contributed by atoms with Crippen LogP contribution < -0.4 is 0 Å². The Bertz CT molecular complexity index is 425. The zero-order chi connectivity index (χ0) is 11.7. The van der Waals surface area contributed by atoms with Gasteiger partial charge in [0.1, 0.15) is 6.20 Å². The lowest BCUT2D eigenvalue weighted by Crippen LogP contribution is -2.48. The van der Waals surface area contributed by atoms with Crippen LogP contribution >= 0.6 is 0 Å². The van der Waals surface area contributed by atoms with Crippen LogP contribution in [0.15, 0.2) is 18.3 Å². The number of nitro groups is 1. The van der Waals surface area contributed by atoms with Crippen LogP contribution in [-0.2, 0) is 0 Å². The summed E-state index contributed by atoms with van der Waals surface area (Å²) in [6.07, 6.45) is 0.247. The van der Waals surface area contributed by atoms with Gasteiger partial charge in [-0.1, -0.05) is 0 Å². The molecular formula is C9H9N3O4. The lowest BCUT2D eigenvalue weighted by Gasteiger charge is -2.36. The van der Waals surface area contributed by atoms with Crippen LogP contribution in [0.2, 0.25) is 0 Å². The maximum atomic E-state index is 10.5. The number of carbonyl (C=O) groups is 1. The van der Waals surface area contributed by atoms with Crippen molar-refractivity contribution in [1.82, 2.24) is 9.88 Å². The van der Waals surface area contributed by atoms with Crippen LogP contribution in [0, 0.1) is 10.1 Å². The van der Waals surface area contributed by atoms with Gasteiger partial charge in [0.05, 0.1) is 4.92 Å². The van der Waals surface area contributed by atoms with E-state index in [1.54, 1.807) is 6.07 Å². The summed E-state index contributed by atoms with van der Waals surface area (Å²) in [5, 5.41) is 19.0. The lowest BCUT2D eigenvalue weighted by molar-refractivity contribution is -0.385. The summed E-state index contributed by atoms with van der Waals surface area (Å²) in [6.45, 7) is 0.806. The fourth-order valence-corrected chi connectivity index (χ4v) is 1.57. The molecule has 16 heavy (non-hydrogen) atoms. The molecule has 1 saturated heterocycles. The van der Waals surface area contributed by atoms with E-state index in [0.29, 0.717) is 18.8 Å². The maximum Gasteiger partial charge on any atom is 0.407 e. The van der Waals surface area contributed by atoms with E-state index in [1.807, 2.05) is 0 Å². The summed E-state index contributed by atoms with van der Waals surface area (Å²) in [7, 11) is 0. The summed E-state index contributed by atoms with van der Waals surface area (Å²) in [5.41, 5.74) is 0.640. The van der Waals surface area contributed by atoms with Crippen molar-refractivity contribution >= 4 is 11.8 Å². The van der Waals surface area contributed by atoms with E-state index in [-0.39, 0.29) is 11.6 Å². The molecule has 1 fully saturated rings. The van der Waals surface area contributed by atoms with Gasteiger partial charge >= 0.3 is 6.09 Å². The third-order valence-electron chi connectivity index (χ3n) is 2.55. The molecule has 2 heterocycles. The average Bonchev–Trinajstić information content (AvgIpc) is 2.15. The van der Waals surface area contributed by atoms with Crippen LogP contribution in [-0.4, -0.2) is 39.1 Å². The molecule has 0 spiro atoms. The van der Waals surface area contributed by atoms with Gasteiger partial charge in [0.2, 0.25) is 0 Å². The van der Waals surface area contributed by atoms with Crippen molar-refractivity contribution in [2.75, 3.05) is 13.1 Å². The first-order chi connectivity index (χ1) is 7.58. The highest BCUT2D eigenvalue weighted by Crippen LogP contribution is 2.26. The Labute approximate surface area is 90.5 Å². The second-order valence-electron chi connectivity index (χ2n) is 3.58. The van der Waals surface area contributed by atoms with Gasteiger partial charge < -0.3 is 10.0 Å². The minimum absolute atomic E-state index is 0.0527. The summed E-state index contributed by atoms with van der Waals surface area (Å²) in [4.78, 5) is 25.6. The number of aromatic nitrogens is 1. The third kappa shape index (κ3) is 1.79. The van der Waals surface area contributed by atoms with Gasteiger partial charge in [-0.05, 0) is 6.07 Å². The Morgan fingerprint density at radius 2 is 2.25 bits per heavy atom. The Kier molecular flexibility index (Phi) is 2.43. The van der Waals surface area contributed by atoms with E-state index in [9.17, 15) is 14.9 Å². The summed E-state index contributed by atoms with van der Waals surface area (Å²) in [6, 6.07) is 2.95. The van der Waals surface area contributed by atoms with E-state index in [1.165, 1.54) is 17.2 Å². The zero-order valence-electron chi connectivity index (χ0n) is 8.24. The second-order valence-corrected chi connectivity index (χ2v) is 3.58. The number of rotatable bonds is 2. The maximum absolute atomic E-state index is 10.5. The molecule has 7 nitrogen and oxygen atoms in total. The molecule has 0 radical (unpaired) electrons. The lowest BCUT2D eigenvalue weighted by atomic mass is 9.96. The number of amides is 1. The van der Waals surface area contributed by atoms with E-state index >= 15 is 0 Å². The van der Waals surface area contributed by atoms with Gasteiger partial charge in [-0.2, -0.15) is 0 Å². The number of hydrogen-bond donors (Lipinski definition) is 1. The minimum atomic E-state index is -0.946. The van der Waals surface area contributed by atoms with Crippen molar-refractivity contribution in [2.45, 2.75) is 5.92 Å². The van der Waals surface area contributed by atoms with Crippen molar-refractivity contribution in [2.24, 2.45) is 0 Å². The van der Waals surface area contributed by atoms with Gasteiger partial charge in [-0.3, -0.25) is 15.1 Å². The van der Waals surface area contributed by atoms with Crippen LogP contribution in [0.5, 0.6) is 0 Å². The van der Waals surface area contributed by atoms with Crippen molar-refractivity contribution in [3.8, 4) is 0 Å². The molecular weight excluding hydrogens is 214 g/mol. The Morgan fingerprint density at radius 3 is 2.69 bits per heavy atom. The first-order valence-corrected chi connectivity index (χ1v) is 4.66. The molecule has 1 aromatic rings. The molecule has 0 aliphatic carbocycles. The molecule has 0 aromatic carbocycles. The van der Waals surface area contributed by atoms with Gasteiger partial charge in [0, 0.05) is 30.8 Å². The predicted octanol–water partition coefficient (Wildman–Crippen LogP) is 1.07. The SMILES string of the molecule is O=C(O)N1CC(c2ccc([N+](=O)[O-])cn2)C1. The molecule has 0 atom stereocenters. The first kappa shape index (κ1) is 10.3. The standard InChI is InChI=1S/C9H9N3O4/c13-9(14)11-4-6(5-11)8-2-1-7(3-10-8)12(15)16/h1-3,6H,4-5H2,(H,13,14). The number of nitrogens with zero attached hydrogens (tertiary/aromatic N) is 3. The Balaban J connectivity index is 2.02. The third-order valence-corrected chi connectivity index (χ3v) is 2.55. The van der Waals surface area contributed by atoms with Crippen LogP contribution in [0.3, 0.4) is 0 Å². The van der Waals surface area contributed by atoms with Gasteiger partial charge in [0.25, 0.3) is 5.69 Å². The molecule has 1 aliphatic heterocycles. The quantitative estimate of drug-likeness (QED) is 0.597. The minimum Gasteiger partial charge on any atom is -0.465 e. The summed E-state index contributed by atoms with van der Waals surface area (Å²) in [5.74, 6) is 0.0527. The number of likely N-dealkylation sites (tertiary alicyclic amines) is 1. The van der Waals surface area contributed by atoms with E-state index in [0.717, 1.165) is 0 Å². The van der Waals surface area contributed by atoms with Gasteiger partial charge in [-0.25, -0.2) is 4.79 Å². The predicted molar refractivity (Wildman–Crippen MR) is 53.2 cm³/mol. The molecule has 0 unspecified atom stereocenters. The Hall–Kier alpha value is -2.18. The van der Waals surface area contributed by atoms with E-state index < -0.39 is 11.0 Å². The van der Waals surface area contributed by atoms with Crippen LogP contribution in [0.4, 0.5) is 10.5 Å². The summed E-state index contributed by atoms with van der Waals surface area (Å²) >= 11 is 0. The Morgan fingerprint density at radius 1 is 1.56 bits per heavy atom. The monoisotopic (exact) mass is 223 g/mol.